The lowest BCUT2D eigenvalue weighted by molar-refractivity contribution is -0.364. The quantitative estimate of drug-likeness (QED) is 0.802. The second-order valence-corrected chi connectivity index (χ2v) is 8.64. The summed E-state index contributed by atoms with van der Waals surface area (Å²) in [6, 6.07) is 0. The summed E-state index contributed by atoms with van der Waals surface area (Å²) in [5, 5.41) is 12.9. The van der Waals surface area contributed by atoms with Gasteiger partial charge in [0.15, 0.2) is 5.79 Å². The number of carboxylic acids is 1. The Labute approximate surface area is 143 Å². The van der Waals surface area contributed by atoms with Crippen molar-refractivity contribution in [2.45, 2.75) is 82.7 Å². The molecule has 1 spiro atoms. The lowest BCUT2D eigenvalue weighted by atomic mass is 9.80. The molecule has 0 aromatic heterocycles. The van der Waals surface area contributed by atoms with E-state index in [2.05, 4.69) is 26.1 Å². The summed E-state index contributed by atoms with van der Waals surface area (Å²) in [4.78, 5) is 11.3. The molecule has 0 aromatic rings. The summed E-state index contributed by atoms with van der Waals surface area (Å²) in [6.07, 6.45) is 3.12. The van der Waals surface area contributed by atoms with Crippen LogP contribution in [0.4, 0.5) is 0 Å². The number of carbonyl (C=O) groups is 1. The van der Waals surface area contributed by atoms with Gasteiger partial charge in [-0.15, -0.1) is 0 Å². The highest BCUT2D eigenvalue weighted by molar-refractivity contribution is 5.68. The van der Waals surface area contributed by atoms with Crippen LogP contribution in [-0.4, -0.2) is 47.4 Å². The molecule has 0 saturated carbocycles. The molecule has 0 unspecified atom stereocenters. The van der Waals surface area contributed by atoms with Crippen molar-refractivity contribution in [1.82, 2.24) is 5.32 Å². The predicted octanol–water partition coefficient (Wildman–Crippen LogP) is 2.12. The van der Waals surface area contributed by atoms with Crippen LogP contribution in [0, 0.1) is 17.8 Å². The Morgan fingerprint density at radius 1 is 1.08 bits per heavy atom. The zero-order valence-corrected chi connectivity index (χ0v) is 14.8. The third-order valence-electron chi connectivity index (χ3n) is 6.33. The third kappa shape index (κ3) is 2.68. The highest BCUT2D eigenvalue weighted by Gasteiger charge is 2.61. The van der Waals surface area contributed by atoms with Crippen LogP contribution in [0.3, 0.4) is 0 Å². The molecule has 4 rings (SSSR count). The van der Waals surface area contributed by atoms with E-state index in [0.717, 1.165) is 25.8 Å². The van der Waals surface area contributed by atoms with Gasteiger partial charge in [-0.1, -0.05) is 20.8 Å². The fourth-order valence-corrected chi connectivity index (χ4v) is 5.36. The van der Waals surface area contributed by atoms with E-state index in [0.29, 0.717) is 24.2 Å². The fourth-order valence-electron chi connectivity index (χ4n) is 5.36. The van der Waals surface area contributed by atoms with E-state index in [1.807, 2.05) is 0 Å². The molecule has 0 amide bonds. The van der Waals surface area contributed by atoms with Gasteiger partial charge >= 0.3 is 5.97 Å². The molecule has 4 aliphatic heterocycles. The molecule has 6 nitrogen and oxygen atoms in total. The smallest absolute Gasteiger partial charge is 0.308 e. The lowest BCUT2D eigenvalue weighted by Crippen LogP contribution is -2.60. The molecule has 2 bridgehead atoms. The number of aliphatic carboxylic acids is 1. The van der Waals surface area contributed by atoms with Crippen LogP contribution < -0.4 is 5.32 Å². The Balaban J connectivity index is 1.58. The van der Waals surface area contributed by atoms with E-state index in [-0.39, 0.29) is 30.5 Å². The van der Waals surface area contributed by atoms with Gasteiger partial charge in [-0.05, 0) is 30.6 Å². The molecule has 24 heavy (non-hydrogen) atoms. The number of hydrogen-bond donors (Lipinski definition) is 2. The molecule has 0 aromatic carbocycles. The van der Waals surface area contributed by atoms with Crippen LogP contribution in [0.15, 0.2) is 0 Å². The number of ether oxygens (including phenoxy) is 3. The first kappa shape index (κ1) is 16.8. The van der Waals surface area contributed by atoms with Crippen LogP contribution >= 0.6 is 0 Å². The van der Waals surface area contributed by atoms with Gasteiger partial charge in [-0.3, -0.25) is 10.1 Å². The van der Waals surface area contributed by atoms with Gasteiger partial charge in [0.1, 0.15) is 11.8 Å². The molecule has 4 heterocycles. The summed E-state index contributed by atoms with van der Waals surface area (Å²) >= 11 is 0. The van der Waals surface area contributed by atoms with Crippen molar-refractivity contribution in [2.75, 3.05) is 6.54 Å². The van der Waals surface area contributed by atoms with Crippen molar-refractivity contribution in [3.05, 3.63) is 0 Å². The summed E-state index contributed by atoms with van der Waals surface area (Å²) in [6.45, 7) is 7.59. The van der Waals surface area contributed by atoms with E-state index < -0.39 is 11.8 Å². The first-order valence-electron chi connectivity index (χ1n) is 9.31. The summed E-state index contributed by atoms with van der Waals surface area (Å²) < 4.78 is 19.0. The Morgan fingerprint density at radius 2 is 1.83 bits per heavy atom. The third-order valence-corrected chi connectivity index (χ3v) is 6.33. The zero-order valence-electron chi connectivity index (χ0n) is 14.8. The average molecular weight is 339 g/mol. The van der Waals surface area contributed by atoms with Gasteiger partial charge in [-0.25, -0.2) is 0 Å². The van der Waals surface area contributed by atoms with Gasteiger partial charge in [0.2, 0.25) is 0 Å². The number of carboxylic acid groups (broad SMARTS) is 1. The monoisotopic (exact) mass is 339 g/mol. The van der Waals surface area contributed by atoms with Crippen molar-refractivity contribution in [3.63, 3.8) is 0 Å². The number of hydrogen-bond acceptors (Lipinski definition) is 5. The molecule has 4 aliphatic rings. The minimum atomic E-state index is -0.977. The van der Waals surface area contributed by atoms with E-state index in [9.17, 15) is 9.90 Å². The number of piperidine rings is 1. The van der Waals surface area contributed by atoms with Gasteiger partial charge in [-0.2, -0.15) is 0 Å². The van der Waals surface area contributed by atoms with Crippen molar-refractivity contribution >= 4 is 5.97 Å². The minimum absolute atomic E-state index is 0.0698. The Kier molecular flexibility index (Phi) is 3.95. The maximum absolute atomic E-state index is 11.3. The van der Waals surface area contributed by atoms with Crippen molar-refractivity contribution in [1.29, 1.82) is 0 Å². The van der Waals surface area contributed by atoms with E-state index >= 15 is 0 Å². The van der Waals surface area contributed by atoms with Crippen LogP contribution in [0.1, 0.15) is 52.9 Å². The Morgan fingerprint density at radius 3 is 2.54 bits per heavy atom. The van der Waals surface area contributed by atoms with E-state index in [1.165, 1.54) is 0 Å². The molecule has 4 fully saturated rings. The minimum Gasteiger partial charge on any atom is -0.481 e. The topological polar surface area (TPSA) is 77.0 Å². The zero-order chi connectivity index (χ0) is 17.1. The first-order valence-corrected chi connectivity index (χ1v) is 9.31. The average Bonchev–Trinajstić information content (AvgIpc) is 2.81. The van der Waals surface area contributed by atoms with Gasteiger partial charge < -0.3 is 19.3 Å². The molecule has 2 N–H and O–H groups in total. The van der Waals surface area contributed by atoms with Crippen LogP contribution in [0.2, 0.25) is 0 Å². The summed E-state index contributed by atoms with van der Waals surface area (Å²) in [5.41, 5.74) is -0.351. The van der Waals surface area contributed by atoms with E-state index in [1.54, 1.807) is 0 Å². The van der Waals surface area contributed by atoms with Crippen molar-refractivity contribution < 1.29 is 24.1 Å². The number of nitrogens with one attached hydrogen (secondary N) is 1. The molecule has 8 atom stereocenters. The van der Waals surface area contributed by atoms with Gasteiger partial charge in [0.05, 0.1) is 18.6 Å². The standard InChI is InChI=1S/C18H29NO5/c1-10-5-13-16-14(23-17(6-10,22-13)8-15(20)21)7-18(24-16)12(3)4-11(2)9-19-18/h10-14,16,19H,4-9H2,1-3H3,(H,20,21)/t10-,11+,12-,13-,14+,16+,17-,18-/m1/s1. The Hall–Kier alpha value is -0.690. The second kappa shape index (κ2) is 5.66. The molecule has 0 radical (unpaired) electrons. The summed E-state index contributed by atoms with van der Waals surface area (Å²) in [5.74, 6) is -0.418. The molecule has 6 heteroatoms. The SMILES string of the molecule is C[C@@H]1CN[C@@]2(C[C@@H]3O[C@@]4(CC(=O)O)C[C@H](C)C[C@@H](O4)[C@@H]3O2)[C@H](C)C1. The number of fused-ring (bicyclic) bond motifs is 4. The maximum Gasteiger partial charge on any atom is 0.308 e. The van der Waals surface area contributed by atoms with E-state index in [4.69, 9.17) is 14.2 Å². The van der Waals surface area contributed by atoms with Crippen LogP contribution in [-0.2, 0) is 19.0 Å². The summed E-state index contributed by atoms with van der Waals surface area (Å²) in [7, 11) is 0. The van der Waals surface area contributed by atoms with Crippen LogP contribution in [0.5, 0.6) is 0 Å². The Bertz CT molecular complexity index is 528. The molecule has 136 valence electrons. The largest absolute Gasteiger partial charge is 0.481 e. The molecular weight excluding hydrogens is 310 g/mol. The normalized spacial score (nSPS) is 53.8. The molecule has 4 saturated heterocycles. The van der Waals surface area contributed by atoms with Crippen molar-refractivity contribution in [2.24, 2.45) is 17.8 Å². The lowest BCUT2D eigenvalue weighted by Gasteiger charge is -2.50. The fraction of sp³-hybridized carbons (Fsp3) is 0.944. The van der Waals surface area contributed by atoms with Gasteiger partial charge in [0, 0.05) is 19.4 Å². The molecular formula is C18H29NO5. The second-order valence-electron chi connectivity index (χ2n) is 8.64. The van der Waals surface area contributed by atoms with Crippen molar-refractivity contribution in [3.8, 4) is 0 Å². The predicted molar refractivity (Wildman–Crippen MR) is 86.3 cm³/mol. The number of rotatable bonds is 2. The highest BCUT2D eigenvalue weighted by atomic mass is 16.7. The first-order chi connectivity index (χ1) is 11.3. The molecule has 0 aliphatic carbocycles. The maximum atomic E-state index is 11.3. The highest BCUT2D eigenvalue weighted by Crippen LogP contribution is 2.51. The van der Waals surface area contributed by atoms with Crippen LogP contribution in [0.25, 0.3) is 0 Å². The van der Waals surface area contributed by atoms with Gasteiger partial charge in [0.25, 0.3) is 0 Å².